The summed E-state index contributed by atoms with van der Waals surface area (Å²) in [7, 11) is 0. The highest BCUT2D eigenvalue weighted by molar-refractivity contribution is 6.19. The number of benzene rings is 4. The van der Waals surface area contributed by atoms with E-state index >= 15 is 0 Å². The van der Waals surface area contributed by atoms with Crippen LogP contribution in [0.15, 0.2) is 103 Å². The second-order valence-electron chi connectivity index (χ2n) is 9.93. The summed E-state index contributed by atoms with van der Waals surface area (Å²) in [5.41, 5.74) is 9.99. The Balaban J connectivity index is 1.53. The molecule has 0 fully saturated rings. The van der Waals surface area contributed by atoms with Crippen molar-refractivity contribution in [2.45, 2.75) is 32.1 Å². The molecule has 1 unspecified atom stereocenters. The van der Waals surface area contributed by atoms with Gasteiger partial charge in [0.15, 0.2) is 0 Å². The Morgan fingerprint density at radius 2 is 1.44 bits per heavy atom. The fourth-order valence-corrected chi connectivity index (χ4v) is 6.32. The Morgan fingerprint density at radius 3 is 2.21 bits per heavy atom. The molecule has 4 aromatic carbocycles. The maximum atomic E-state index is 2.50. The van der Waals surface area contributed by atoms with E-state index in [1.54, 1.807) is 0 Å². The van der Waals surface area contributed by atoms with Gasteiger partial charge in [-0.1, -0.05) is 103 Å². The lowest BCUT2D eigenvalue weighted by Crippen LogP contribution is -2.10. The van der Waals surface area contributed by atoms with Gasteiger partial charge in [0.25, 0.3) is 0 Å². The maximum Gasteiger partial charge on any atom is -0.00263 e. The lowest BCUT2D eigenvalue weighted by atomic mass is 9.77. The molecule has 3 aliphatic rings. The van der Waals surface area contributed by atoms with E-state index in [1.165, 1.54) is 73.4 Å². The number of aryl methyl sites for hydroxylation is 1. The van der Waals surface area contributed by atoms with Gasteiger partial charge in [0, 0.05) is 0 Å². The first kappa shape index (κ1) is 19.8. The fraction of sp³-hybridized carbons (Fsp3) is 0.176. The van der Waals surface area contributed by atoms with Gasteiger partial charge in [0.05, 0.1) is 0 Å². The van der Waals surface area contributed by atoms with Gasteiger partial charge in [-0.05, 0) is 98.5 Å². The molecule has 0 aromatic heterocycles. The predicted octanol–water partition coefficient (Wildman–Crippen LogP) is 9.30. The fourth-order valence-electron chi connectivity index (χ4n) is 6.32. The van der Waals surface area contributed by atoms with Crippen LogP contribution < -0.4 is 0 Å². The summed E-state index contributed by atoms with van der Waals surface area (Å²) in [6.45, 7) is 0. The standard InChI is InChI=1S/C34H28/c1-3-11-25-21-27(19-17-23(25)9-1)33-29-13-5-7-15-31(29)34(32-16-8-6-14-30(32)33)28-20-18-24-10-2-4-12-26(24)22-28/h1-3,5-8,10-11,13-16,18,20-23H,4,9,12,17,19H2. The van der Waals surface area contributed by atoms with Crippen molar-refractivity contribution in [3.8, 4) is 11.1 Å². The molecule has 0 spiro atoms. The molecule has 0 heteroatoms. The summed E-state index contributed by atoms with van der Waals surface area (Å²) in [6, 6.07) is 25.2. The third-order valence-corrected chi connectivity index (χ3v) is 7.98. The van der Waals surface area contributed by atoms with E-state index in [0.29, 0.717) is 5.92 Å². The van der Waals surface area contributed by atoms with Crippen molar-refractivity contribution in [1.82, 2.24) is 0 Å². The van der Waals surface area contributed by atoms with Crippen molar-refractivity contribution >= 4 is 33.2 Å². The van der Waals surface area contributed by atoms with Gasteiger partial charge in [-0.25, -0.2) is 0 Å². The lowest BCUT2D eigenvalue weighted by molar-refractivity contribution is 0.572. The molecule has 164 valence electrons. The topological polar surface area (TPSA) is 0 Å². The summed E-state index contributed by atoms with van der Waals surface area (Å²) < 4.78 is 0. The van der Waals surface area contributed by atoms with Crippen molar-refractivity contribution in [3.05, 3.63) is 119 Å². The summed E-state index contributed by atoms with van der Waals surface area (Å²) in [4.78, 5) is 0. The van der Waals surface area contributed by atoms with Crippen LogP contribution in [0.25, 0.3) is 44.3 Å². The zero-order valence-electron chi connectivity index (χ0n) is 19.4. The van der Waals surface area contributed by atoms with Crippen LogP contribution in [0.2, 0.25) is 0 Å². The van der Waals surface area contributed by atoms with Gasteiger partial charge in [0.1, 0.15) is 0 Å². The van der Waals surface area contributed by atoms with E-state index in [9.17, 15) is 0 Å². The quantitative estimate of drug-likeness (QED) is 0.275. The lowest BCUT2D eigenvalue weighted by Gasteiger charge is -2.28. The van der Waals surface area contributed by atoms with Crippen molar-refractivity contribution in [1.29, 1.82) is 0 Å². The molecule has 34 heavy (non-hydrogen) atoms. The van der Waals surface area contributed by atoms with E-state index in [2.05, 4.69) is 103 Å². The zero-order valence-corrected chi connectivity index (χ0v) is 19.4. The summed E-state index contributed by atoms with van der Waals surface area (Å²) in [5, 5.41) is 5.49. The average molecular weight is 437 g/mol. The van der Waals surface area contributed by atoms with Gasteiger partial charge in [-0.3, -0.25) is 0 Å². The number of hydrogen-bond acceptors (Lipinski definition) is 0. The van der Waals surface area contributed by atoms with Gasteiger partial charge in [-0.15, -0.1) is 0 Å². The molecule has 0 amide bonds. The Hall–Kier alpha value is -3.64. The van der Waals surface area contributed by atoms with E-state index in [-0.39, 0.29) is 0 Å². The molecule has 0 saturated heterocycles. The van der Waals surface area contributed by atoms with Crippen LogP contribution in [0.1, 0.15) is 42.4 Å². The van der Waals surface area contributed by atoms with Crippen molar-refractivity contribution in [2.24, 2.45) is 5.92 Å². The average Bonchev–Trinajstić information content (AvgIpc) is 2.91. The van der Waals surface area contributed by atoms with Gasteiger partial charge in [0.2, 0.25) is 0 Å². The molecule has 0 aliphatic heterocycles. The van der Waals surface area contributed by atoms with E-state index < -0.39 is 0 Å². The van der Waals surface area contributed by atoms with Crippen LogP contribution in [-0.2, 0) is 6.42 Å². The smallest absolute Gasteiger partial charge is 0.00263 e. The SMILES string of the molecule is C1=CCC2CCC(c3c4ccccc4c(-c4ccc5c(c4)CCC=C5)c4ccccc34)=CC2=C1. The monoisotopic (exact) mass is 436 g/mol. The minimum Gasteiger partial charge on any atom is -0.0839 e. The second-order valence-corrected chi connectivity index (χ2v) is 9.93. The highest BCUT2D eigenvalue weighted by Crippen LogP contribution is 2.46. The van der Waals surface area contributed by atoms with Crippen LogP contribution in [0, 0.1) is 5.92 Å². The number of hydrogen-bond donors (Lipinski definition) is 0. The molecule has 0 nitrogen and oxygen atoms in total. The highest BCUT2D eigenvalue weighted by Gasteiger charge is 2.24. The first-order valence-electron chi connectivity index (χ1n) is 12.7. The Bertz CT molecular complexity index is 1510. The minimum atomic E-state index is 0.690. The first-order valence-corrected chi connectivity index (χ1v) is 12.7. The van der Waals surface area contributed by atoms with Crippen LogP contribution in [0.3, 0.4) is 0 Å². The van der Waals surface area contributed by atoms with E-state index in [1.807, 2.05) is 0 Å². The summed E-state index contributed by atoms with van der Waals surface area (Å²) in [5.74, 6) is 0.690. The van der Waals surface area contributed by atoms with Gasteiger partial charge >= 0.3 is 0 Å². The third kappa shape index (κ3) is 3.13. The zero-order chi connectivity index (χ0) is 22.5. The van der Waals surface area contributed by atoms with Gasteiger partial charge in [-0.2, -0.15) is 0 Å². The minimum absolute atomic E-state index is 0.690. The molecule has 0 saturated carbocycles. The molecule has 1 atom stereocenters. The highest BCUT2D eigenvalue weighted by atomic mass is 14.3. The number of allylic oxidation sites excluding steroid dienone is 7. The largest absolute Gasteiger partial charge is 0.0839 e. The van der Waals surface area contributed by atoms with Crippen LogP contribution >= 0.6 is 0 Å². The summed E-state index contributed by atoms with van der Waals surface area (Å²) >= 11 is 0. The third-order valence-electron chi connectivity index (χ3n) is 7.98. The molecule has 0 bridgehead atoms. The van der Waals surface area contributed by atoms with Crippen LogP contribution in [0.4, 0.5) is 0 Å². The molecule has 0 radical (unpaired) electrons. The normalized spacial score (nSPS) is 19.0. The Labute approximate surface area is 201 Å². The number of fused-ring (bicyclic) bond motifs is 4. The van der Waals surface area contributed by atoms with Gasteiger partial charge < -0.3 is 0 Å². The molecule has 7 rings (SSSR count). The molecular formula is C34H28. The Kier molecular flexibility index (Phi) is 4.65. The van der Waals surface area contributed by atoms with Crippen molar-refractivity contribution < 1.29 is 0 Å². The van der Waals surface area contributed by atoms with Crippen LogP contribution in [-0.4, -0.2) is 0 Å². The first-order chi connectivity index (χ1) is 16.9. The van der Waals surface area contributed by atoms with Crippen molar-refractivity contribution in [2.75, 3.05) is 0 Å². The second kappa shape index (κ2) is 7.99. The van der Waals surface area contributed by atoms with E-state index in [0.717, 1.165) is 19.3 Å². The molecule has 4 aromatic rings. The maximum absolute atomic E-state index is 2.50. The molecule has 3 aliphatic carbocycles. The number of rotatable bonds is 2. The Morgan fingerprint density at radius 1 is 0.706 bits per heavy atom. The summed E-state index contributed by atoms with van der Waals surface area (Å²) in [6.07, 6.45) is 19.8. The molecule has 0 N–H and O–H groups in total. The molecule has 0 heterocycles. The van der Waals surface area contributed by atoms with Crippen LogP contribution in [0.5, 0.6) is 0 Å². The predicted molar refractivity (Wildman–Crippen MR) is 147 cm³/mol. The van der Waals surface area contributed by atoms with Crippen molar-refractivity contribution in [3.63, 3.8) is 0 Å². The van der Waals surface area contributed by atoms with E-state index in [4.69, 9.17) is 0 Å². The molecular weight excluding hydrogens is 408 g/mol.